The molecule has 1 unspecified atom stereocenters. The molecule has 1 aliphatic carbocycles. The first-order valence-corrected chi connectivity index (χ1v) is 17.3. The lowest BCUT2D eigenvalue weighted by molar-refractivity contribution is -0.136. The quantitative estimate of drug-likeness (QED) is 0.441. The van der Waals surface area contributed by atoms with Crippen molar-refractivity contribution in [2.45, 2.75) is 69.9 Å². The number of piperazine rings is 1. The predicted molar refractivity (Wildman–Crippen MR) is 177 cm³/mol. The molecule has 47 heavy (non-hydrogen) atoms. The molecule has 4 heterocycles. The zero-order valence-electron chi connectivity index (χ0n) is 26.9. The molecule has 3 saturated heterocycles. The number of hydrogen-bond donors (Lipinski definition) is 2. The first kappa shape index (κ1) is 31.4. The second-order valence-corrected chi connectivity index (χ2v) is 13.8. The molecule has 248 valence electrons. The largest absolute Gasteiger partial charge is 0.382 e. The van der Waals surface area contributed by atoms with Gasteiger partial charge < -0.3 is 15.1 Å². The lowest BCUT2D eigenvalue weighted by Crippen LogP contribution is -2.54. The maximum absolute atomic E-state index is 13.3. The first-order valence-electron chi connectivity index (χ1n) is 17.3. The minimum Gasteiger partial charge on any atom is -0.382 e. The molecule has 11 nitrogen and oxygen atoms in total. The molecule has 1 atom stereocenters. The summed E-state index contributed by atoms with van der Waals surface area (Å²) in [6.07, 6.45) is 8.64. The Hall–Kier alpha value is -4.25. The third kappa shape index (κ3) is 6.63. The third-order valence-electron chi connectivity index (χ3n) is 10.7. The Morgan fingerprint density at radius 3 is 2.17 bits per heavy atom. The van der Waals surface area contributed by atoms with Gasteiger partial charge in [0, 0.05) is 75.2 Å². The molecule has 0 radical (unpaired) electrons. The van der Waals surface area contributed by atoms with Crippen molar-refractivity contribution >= 4 is 40.9 Å². The van der Waals surface area contributed by atoms with Gasteiger partial charge in [-0.3, -0.25) is 39.1 Å². The van der Waals surface area contributed by atoms with Crippen LogP contribution in [0.25, 0.3) is 0 Å². The van der Waals surface area contributed by atoms with Gasteiger partial charge in [0.15, 0.2) is 0 Å². The fraction of sp³-hybridized carbons (Fsp3) is 0.528. The number of amides is 5. The van der Waals surface area contributed by atoms with Crippen molar-refractivity contribution in [1.29, 1.82) is 0 Å². The van der Waals surface area contributed by atoms with E-state index in [1.54, 1.807) is 12.1 Å². The number of fused-ring (bicyclic) bond motifs is 1. The van der Waals surface area contributed by atoms with Gasteiger partial charge in [0.2, 0.25) is 11.8 Å². The Labute approximate surface area is 275 Å². The highest BCUT2D eigenvalue weighted by Gasteiger charge is 2.44. The molecule has 0 aromatic heterocycles. The molecule has 2 aromatic rings. The molecule has 2 aromatic carbocycles. The average molecular weight is 641 g/mol. The molecule has 0 bridgehead atoms. The van der Waals surface area contributed by atoms with E-state index in [4.69, 9.17) is 0 Å². The van der Waals surface area contributed by atoms with Crippen LogP contribution in [0.15, 0.2) is 42.5 Å². The van der Waals surface area contributed by atoms with Crippen LogP contribution < -0.4 is 15.5 Å². The third-order valence-corrected chi connectivity index (χ3v) is 10.7. The van der Waals surface area contributed by atoms with Crippen LogP contribution in [-0.4, -0.2) is 102 Å². The molecule has 11 heteroatoms. The van der Waals surface area contributed by atoms with Gasteiger partial charge in [-0.05, 0) is 80.5 Å². The Balaban J connectivity index is 0.870. The summed E-state index contributed by atoms with van der Waals surface area (Å²) in [6, 6.07) is 12.9. The number of imide groups is 2. The van der Waals surface area contributed by atoms with E-state index in [-0.39, 0.29) is 24.7 Å². The van der Waals surface area contributed by atoms with Crippen LogP contribution in [-0.2, 0) is 9.59 Å². The summed E-state index contributed by atoms with van der Waals surface area (Å²) < 4.78 is 0. The number of piperidine rings is 2. The van der Waals surface area contributed by atoms with E-state index < -0.39 is 23.8 Å². The molecule has 1 saturated carbocycles. The normalized spacial score (nSPS) is 23.2. The molecule has 5 aliphatic rings. The smallest absolute Gasteiger partial charge is 0.262 e. The summed E-state index contributed by atoms with van der Waals surface area (Å²) in [5.41, 5.74) is 3.37. The highest BCUT2D eigenvalue weighted by Crippen LogP contribution is 2.32. The lowest BCUT2D eigenvalue weighted by Gasteiger charge is -2.39. The average Bonchev–Trinajstić information content (AvgIpc) is 3.34. The molecule has 7 rings (SSSR count). The zero-order chi connectivity index (χ0) is 32.5. The number of hydrogen-bond acceptors (Lipinski definition) is 8. The fourth-order valence-electron chi connectivity index (χ4n) is 7.90. The topological polar surface area (TPSA) is 122 Å². The van der Waals surface area contributed by atoms with Crippen LogP contribution in [0.4, 0.5) is 11.4 Å². The highest BCUT2D eigenvalue weighted by molar-refractivity contribution is 6.23. The maximum Gasteiger partial charge on any atom is 0.262 e. The Morgan fingerprint density at radius 2 is 1.47 bits per heavy atom. The van der Waals surface area contributed by atoms with E-state index in [0.29, 0.717) is 23.1 Å². The molecule has 0 spiro atoms. The number of nitrogens with zero attached hydrogens (tertiary/aromatic N) is 4. The summed E-state index contributed by atoms with van der Waals surface area (Å²) in [5.74, 6) is -1.28. The van der Waals surface area contributed by atoms with Gasteiger partial charge in [0.1, 0.15) is 6.04 Å². The van der Waals surface area contributed by atoms with Crippen LogP contribution in [0.5, 0.6) is 0 Å². The number of nitrogens with one attached hydrogen (secondary N) is 2. The molecule has 5 amide bonds. The summed E-state index contributed by atoms with van der Waals surface area (Å²) in [5, 5.41) is 5.87. The predicted octanol–water partition coefficient (Wildman–Crippen LogP) is 3.51. The van der Waals surface area contributed by atoms with E-state index in [2.05, 4.69) is 20.4 Å². The molecule has 4 fully saturated rings. The number of rotatable bonds is 7. The monoisotopic (exact) mass is 640 g/mol. The van der Waals surface area contributed by atoms with Crippen LogP contribution in [0.2, 0.25) is 0 Å². The van der Waals surface area contributed by atoms with Gasteiger partial charge in [0.05, 0.1) is 11.1 Å². The molecular formula is C36H44N6O5. The van der Waals surface area contributed by atoms with Crippen molar-refractivity contribution in [3.8, 4) is 0 Å². The van der Waals surface area contributed by atoms with Crippen molar-refractivity contribution in [3.05, 3.63) is 59.2 Å². The summed E-state index contributed by atoms with van der Waals surface area (Å²) in [7, 11) is 0. The zero-order valence-corrected chi connectivity index (χ0v) is 26.9. The maximum atomic E-state index is 13.3. The van der Waals surface area contributed by atoms with Crippen LogP contribution >= 0.6 is 0 Å². The van der Waals surface area contributed by atoms with Crippen LogP contribution in [0.3, 0.4) is 0 Å². The van der Waals surface area contributed by atoms with E-state index >= 15 is 0 Å². The highest BCUT2D eigenvalue weighted by atomic mass is 16.2. The van der Waals surface area contributed by atoms with Gasteiger partial charge in [0.25, 0.3) is 17.7 Å². The number of benzene rings is 2. The Morgan fingerprint density at radius 1 is 0.766 bits per heavy atom. The Bertz CT molecular complexity index is 1540. The minimum absolute atomic E-state index is 0.102. The number of carbonyl (C=O) groups excluding carboxylic acids is 5. The van der Waals surface area contributed by atoms with Gasteiger partial charge in [-0.1, -0.05) is 19.3 Å². The second kappa shape index (κ2) is 13.5. The summed E-state index contributed by atoms with van der Waals surface area (Å²) in [6.45, 7) is 5.93. The summed E-state index contributed by atoms with van der Waals surface area (Å²) >= 11 is 0. The summed E-state index contributed by atoms with van der Waals surface area (Å²) in [4.78, 5) is 71.2. The van der Waals surface area contributed by atoms with E-state index in [0.717, 1.165) is 80.5 Å². The van der Waals surface area contributed by atoms with Crippen LogP contribution in [0.1, 0.15) is 88.9 Å². The number of anilines is 2. The SMILES string of the molecule is O=C1CCC(N2C(=O)c3ccc(N4CCC(CN5CCN(C(=O)c6ccc(NC7CCCCC7)cc6)CC5)CC4)cc3C2=O)C(=O)N1. The van der Waals surface area contributed by atoms with Crippen molar-refractivity contribution in [2.75, 3.05) is 56.0 Å². The van der Waals surface area contributed by atoms with Gasteiger partial charge in [-0.25, -0.2) is 0 Å². The molecule has 4 aliphatic heterocycles. The molecular weight excluding hydrogens is 596 g/mol. The van der Waals surface area contributed by atoms with E-state index in [1.165, 1.54) is 32.1 Å². The van der Waals surface area contributed by atoms with Crippen LogP contribution in [0, 0.1) is 5.92 Å². The fourth-order valence-corrected chi connectivity index (χ4v) is 7.90. The van der Waals surface area contributed by atoms with E-state index in [9.17, 15) is 24.0 Å². The van der Waals surface area contributed by atoms with Gasteiger partial charge in [-0.15, -0.1) is 0 Å². The second-order valence-electron chi connectivity index (χ2n) is 13.8. The van der Waals surface area contributed by atoms with E-state index in [1.807, 2.05) is 35.2 Å². The van der Waals surface area contributed by atoms with Crippen molar-refractivity contribution in [1.82, 2.24) is 20.0 Å². The van der Waals surface area contributed by atoms with Crippen molar-refractivity contribution in [2.24, 2.45) is 5.92 Å². The molecule has 2 N–H and O–H groups in total. The standard InChI is InChI=1S/C36H44N6O5/c43-32-13-12-31(33(44)38-32)42-35(46)29-11-10-28(22-30(29)36(42)47)40-16-14-24(15-17-40)23-39-18-20-41(21-19-39)34(45)25-6-8-27(9-7-25)37-26-4-2-1-3-5-26/h6-11,22,24,26,31,37H,1-5,12-21,23H2,(H,38,43,44). The van der Waals surface area contributed by atoms with Crippen molar-refractivity contribution in [3.63, 3.8) is 0 Å². The minimum atomic E-state index is -0.959. The number of carbonyl (C=O) groups is 5. The Kier molecular flexibility index (Phi) is 8.98. The lowest BCUT2D eigenvalue weighted by atomic mass is 9.95. The van der Waals surface area contributed by atoms with Crippen molar-refractivity contribution < 1.29 is 24.0 Å². The van der Waals surface area contributed by atoms with Gasteiger partial charge in [-0.2, -0.15) is 0 Å². The first-order chi connectivity index (χ1) is 22.8. The van der Waals surface area contributed by atoms with Gasteiger partial charge >= 0.3 is 0 Å².